The first-order valence-electron chi connectivity index (χ1n) is 7.64. The Kier molecular flexibility index (Phi) is 6.20. The number of anilines is 1. The van der Waals surface area contributed by atoms with Crippen molar-refractivity contribution in [2.75, 3.05) is 5.32 Å². The van der Waals surface area contributed by atoms with E-state index in [4.69, 9.17) is 11.6 Å². The molecule has 0 radical (unpaired) electrons. The van der Waals surface area contributed by atoms with E-state index in [1.165, 1.54) is 29.3 Å². The van der Waals surface area contributed by atoms with Crippen molar-refractivity contribution in [1.29, 1.82) is 0 Å². The molecule has 0 unspecified atom stereocenters. The van der Waals surface area contributed by atoms with E-state index in [0.29, 0.717) is 12.1 Å². The van der Waals surface area contributed by atoms with Crippen LogP contribution < -0.4 is 5.32 Å². The summed E-state index contributed by atoms with van der Waals surface area (Å²) in [6.07, 6.45) is 8.73. The zero-order valence-electron chi connectivity index (χ0n) is 12.6. The minimum atomic E-state index is -0.487. The summed E-state index contributed by atoms with van der Waals surface area (Å²) in [5.74, 6) is -0.578. The van der Waals surface area contributed by atoms with E-state index >= 15 is 0 Å². The number of allylic oxidation sites excluding steroid dienone is 2. The van der Waals surface area contributed by atoms with Gasteiger partial charge >= 0.3 is 0 Å². The summed E-state index contributed by atoms with van der Waals surface area (Å²) in [6.45, 7) is 4.06. The fourth-order valence-electron chi connectivity index (χ4n) is 2.58. The number of hydrogen-bond donors (Lipinski definition) is 1. The van der Waals surface area contributed by atoms with Crippen LogP contribution in [-0.4, -0.2) is 5.91 Å². The van der Waals surface area contributed by atoms with Gasteiger partial charge in [-0.15, -0.1) is 0 Å². The van der Waals surface area contributed by atoms with Gasteiger partial charge in [-0.05, 0) is 56.7 Å². The second-order valence-electron chi connectivity index (χ2n) is 5.71. The number of benzene rings is 1. The van der Waals surface area contributed by atoms with Crippen molar-refractivity contribution in [1.82, 2.24) is 0 Å². The van der Waals surface area contributed by atoms with Crippen LogP contribution in [0.3, 0.4) is 0 Å². The summed E-state index contributed by atoms with van der Waals surface area (Å²) in [5.41, 5.74) is 2.98. The van der Waals surface area contributed by atoms with E-state index in [1.807, 2.05) is 0 Å². The maximum atomic E-state index is 13.1. The van der Waals surface area contributed by atoms with Gasteiger partial charge in [-0.2, -0.15) is 0 Å². The van der Waals surface area contributed by atoms with Gasteiger partial charge in [0.05, 0.1) is 5.02 Å². The van der Waals surface area contributed by atoms with Crippen LogP contribution in [0.2, 0.25) is 5.02 Å². The predicted octanol–water partition coefficient (Wildman–Crippen LogP) is 5.64. The standard InChI is InChI=1S/C18H21ClFNO/c1-13-5-2-3-7-14(8-4-6-13)11-18(22)21-15-9-10-17(20)16(19)12-15/h8-10,12H,1-7,11H2,(H,21,22). The maximum Gasteiger partial charge on any atom is 0.228 e. The molecular weight excluding hydrogens is 301 g/mol. The Morgan fingerprint density at radius 2 is 2.05 bits per heavy atom. The first-order valence-corrected chi connectivity index (χ1v) is 8.02. The Labute approximate surface area is 136 Å². The quantitative estimate of drug-likeness (QED) is 0.717. The molecule has 1 N–H and O–H groups in total. The largest absolute Gasteiger partial charge is 0.326 e. The van der Waals surface area contributed by atoms with E-state index in [9.17, 15) is 9.18 Å². The average molecular weight is 322 g/mol. The van der Waals surface area contributed by atoms with Gasteiger partial charge in [0.1, 0.15) is 5.82 Å². The van der Waals surface area contributed by atoms with E-state index in [0.717, 1.165) is 38.5 Å². The molecular formula is C18H21ClFNO. The van der Waals surface area contributed by atoms with E-state index < -0.39 is 5.82 Å². The van der Waals surface area contributed by atoms with Crippen LogP contribution in [0, 0.1) is 5.82 Å². The number of amides is 1. The zero-order valence-corrected chi connectivity index (χ0v) is 13.4. The minimum absolute atomic E-state index is 0.0120. The van der Waals surface area contributed by atoms with Crippen LogP contribution in [0.1, 0.15) is 44.9 Å². The van der Waals surface area contributed by atoms with Crippen LogP contribution in [0.15, 0.2) is 42.0 Å². The summed E-state index contributed by atoms with van der Waals surface area (Å²) in [5, 5.41) is 2.78. The molecule has 0 saturated carbocycles. The maximum absolute atomic E-state index is 13.1. The minimum Gasteiger partial charge on any atom is -0.326 e. The van der Waals surface area contributed by atoms with Crippen molar-refractivity contribution in [2.45, 2.75) is 44.9 Å². The molecule has 0 bridgehead atoms. The summed E-state index contributed by atoms with van der Waals surface area (Å²) >= 11 is 5.71. The Morgan fingerprint density at radius 1 is 1.27 bits per heavy atom. The fraction of sp³-hybridized carbons (Fsp3) is 0.389. The van der Waals surface area contributed by atoms with Crippen molar-refractivity contribution >= 4 is 23.2 Å². The van der Waals surface area contributed by atoms with Gasteiger partial charge < -0.3 is 5.32 Å². The van der Waals surface area contributed by atoms with E-state index in [1.54, 1.807) is 0 Å². The first-order chi connectivity index (χ1) is 10.5. The van der Waals surface area contributed by atoms with Gasteiger partial charge in [0.15, 0.2) is 0 Å². The number of nitrogens with one attached hydrogen (secondary N) is 1. The van der Waals surface area contributed by atoms with Gasteiger partial charge in [-0.25, -0.2) is 4.39 Å². The molecule has 118 valence electrons. The number of carbonyl (C=O) groups excluding carboxylic acids is 1. The van der Waals surface area contributed by atoms with Crippen molar-refractivity contribution in [3.8, 4) is 0 Å². The summed E-state index contributed by atoms with van der Waals surface area (Å²) in [7, 11) is 0. The van der Waals surface area contributed by atoms with Gasteiger partial charge in [0.2, 0.25) is 5.91 Å². The summed E-state index contributed by atoms with van der Waals surface area (Å²) in [4.78, 5) is 12.1. The molecule has 1 aliphatic carbocycles. The van der Waals surface area contributed by atoms with Crippen LogP contribution in [0.4, 0.5) is 10.1 Å². The third-order valence-electron chi connectivity index (χ3n) is 3.80. The Morgan fingerprint density at radius 3 is 2.82 bits per heavy atom. The summed E-state index contributed by atoms with van der Waals surface area (Å²) < 4.78 is 13.1. The predicted molar refractivity (Wildman–Crippen MR) is 89.6 cm³/mol. The van der Waals surface area contributed by atoms with Gasteiger partial charge in [0.25, 0.3) is 0 Å². The Balaban J connectivity index is 1.93. The number of halogens is 2. The van der Waals surface area contributed by atoms with Crippen molar-refractivity contribution in [2.24, 2.45) is 0 Å². The van der Waals surface area contributed by atoms with Gasteiger partial charge in [0, 0.05) is 12.1 Å². The molecule has 1 amide bonds. The average Bonchev–Trinajstić information content (AvgIpc) is 2.56. The van der Waals surface area contributed by atoms with Crippen LogP contribution >= 0.6 is 11.6 Å². The Hall–Kier alpha value is -1.61. The lowest BCUT2D eigenvalue weighted by Crippen LogP contribution is -2.12. The molecule has 0 spiro atoms. The third-order valence-corrected chi connectivity index (χ3v) is 4.09. The second kappa shape index (κ2) is 8.14. The highest BCUT2D eigenvalue weighted by molar-refractivity contribution is 6.31. The lowest BCUT2D eigenvalue weighted by atomic mass is 10.0. The molecule has 1 aromatic rings. The zero-order chi connectivity index (χ0) is 15.9. The fourth-order valence-corrected chi connectivity index (χ4v) is 2.76. The molecule has 0 atom stereocenters. The molecule has 1 aliphatic rings. The molecule has 0 aromatic heterocycles. The molecule has 1 aromatic carbocycles. The molecule has 4 heteroatoms. The van der Waals surface area contributed by atoms with Crippen LogP contribution in [-0.2, 0) is 4.79 Å². The highest BCUT2D eigenvalue weighted by Gasteiger charge is 2.10. The number of carbonyl (C=O) groups is 1. The normalized spacial score (nSPS) is 16.3. The van der Waals surface area contributed by atoms with Crippen molar-refractivity contribution in [3.63, 3.8) is 0 Å². The third kappa shape index (κ3) is 5.30. The van der Waals surface area contributed by atoms with Gasteiger partial charge in [-0.3, -0.25) is 4.79 Å². The van der Waals surface area contributed by atoms with E-state index in [-0.39, 0.29) is 10.9 Å². The molecule has 0 fully saturated rings. The SMILES string of the molecule is C=C1CCC=C(CC(=O)Nc2ccc(F)c(Cl)c2)CCCC1. The lowest BCUT2D eigenvalue weighted by molar-refractivity contribution is -0.115. The van der Waals surface area contributed by atoms with Crippen LogP contribution in [0.25, 0.3) is 0 Å². The number of rotatable bonds is 3. The molecule has 0 saturated heterocycles. The number of hydrogen-bond acceptors (Lipinski definition) is 1. The highest BCUT2D eigenvalue weighted by Crippen LogP contribution is 2.23. The molecule has 22 heavy (non-hydrogen) atoms. The monoisotopic (exact) mass is 321 g/mol. The molecule has 0 heterocycles. The van der Waals surface area contributed by atoms with Crippen molar-refractivity contribution < 1.29 is 9.18 Å². The van der Waals surface area contributed by atoms with Gasteiger partial charge in [-0.1, -0.05) is 35.4 Å². The molecule has 0 aliphatic heterocycles. The topological polar surface area (TPSA) is 29.1 Å². The smallest absolute Gasteiger partial charge is 0.228 e. The van der Waals surface area contributed by atoms with Crippen molar-refractivity contribution in [3.05, 3.63) is 52.8 Å². The van der Waals surface area contributed by atoms with Crippen LogP contribution in [0.5, 0.6) is 0 Å². The molecule has 2 rings (SSSR count). The first kappa shape index (κ1) is 16.8. The van der Waals surface area contributed by atoms with E-state index in [2.05, 4.69) is 18.0 Å². The highest BCUT2D eigenvalue weighted by atomic mass is 35.5. The second-order valence-corrected chi connectivity index (χ2v) is 6.12. The molecule has 2 nitrogen and oxygen atoms in total. The Bertz CT molecular complexity index is 595. The lowest BCUT2D eigenvalue weighted by Gasteiger charge is -2.09. The summed E-state index contributed by atoms with van der Waals surface area (Å²) in [6, 6.07) is 4.19.